The van der Waals surface area contributed by atoms with E-state index in [2.05, 4.69) is 5.32 Å². The van der Waals surface area contributed by atoms with Crippen LogP contribution < -0.4 is 5.32 Å². The minimum Gasteiger partial charge on any atom is -0.444 e. The molecule has 0 spiro atoms. The Labute approximate surface area is 149 Å². The predicted octanol–water partition coefficient (Wildman–Crippen LogP) is 4.26. The molecule has 7 heteroatoms. The van der Waals surface area contributed by atoms with Crippen LogP contribution in [-0.4, -0.2) is 24.7 Å². The number of amides is 1. The van der Waals surface area contributed by atoms with Crippen LogP contribution in [0.15, 0.2) is 47.3 Å². The molecule has 0 aromatic heterocycles. The molecule has 0 aliphatic rings. The number of hydrogen-bond donors (Lipinski definition) is 2. The van der Waals surface area contributed by atoms with Crippen molar-refractivity contribution in [3.8, 4) is 11.1 Å². The van der Waals surface area contributed by atoms with Crippen LogP contribution in [0.2, 0.25) is 0 Å². The van der Waals surface area contributed by atoms with Crippen molar-refractivity contribution >= 4 is 21.9 Å². The predicted molar refractivity (Wildman–Crippen MR) is 96.3 cm³/mol. The summed E-state index contributed by atoms with van der Waals surface area (Å²) in [6.45, 7) is 6.82. The van der Waals surface area contributed by atoms with E-state index in [0.29, 0.717) is 11.1 Å². The van der Waals surface area contributed by atoms with Crippen molar-refractivity contribution in [1.82, 2.24) is 0 Å². The maximum atomic E-state index is 12.1. The standard InChI is InChI=1S/C18H21NO5S/c1-12-9-10-16(25(21,22)23)14(11-12)13-7-5-6-8-15(13)19-17(20)24-18(2,3)4/h5-11H,1-4H3,(H,19,20)(H,21,22,23)/i11D. The van der Waals surface area contributed by atoms with E-state index >= 15 is 0 Å². The molecule has 2 rings (SSSR count). The van der Waals surface area contributed by atoms with E-state index in [-0.39, 0.29) is 17.3 Å². The van der Waals surface area contributed by atoms with Gasteiger partial charge in [0.15, 0.2) is 0 Å². The van der Waals surface area contributed by atoms with Gasteiger partial charge >= 0.3 is 6.09 Å². The van der Waals surface area contributed by atoms with E-state index in [0.717, 1.165) is 0 Å². The quantitative estimate of drug-likeness (QED) is 0.794. The molecular formula is C18H21NO5S. The molecule has 0 fully saturated rings. The van der Waals surface area contributed by atoms with Crippen molar-refractivity contribution in [2.24, 2.45) is 0 Å². The van der Waals surface area contributed by atoms with Gasteiger partial charge in [-0.05, 0) is 45.9 Å². The summed E-state index contributed by atoms with van der Waals surface area (Å²) < 4.78 is 46.6. The van der Waals surface area contributed by atoms with E-state index in [9.17, 15) is 17.8 Å². The first-order valence-corrected chi connectivity index (χ1v) is 9.01. The Morgan fingerprint density at radius 1 is 1.16 bits per heavy atom. The summed E-state index contributed by atoms with van der Waals surface area (Å²) in [5, 5.41) is 2.57. The van der Waals surface area contributed by atoms with Crippen LogP contribution in [0.3, 0.4) is 0 Å². The molecule has 2 aromatic rings. The summed E-state index contributed by atoms with van der Waals surface area (Å²) in [5.74, 6) is 0. The number of anilines is 1. The molecule has 0 radical (unpaired) electrons. The molecule has 0 saturated carbocycles. The molecule has 0 aliphatic heterocycles. The lowest BCUT2D eigenvalue weighted by Gasteiger charge is -2.21. The zero-order chi connectivity index (χ0) is 19.7. The van der Waals surface area contributed by atoms with Crippen LogP contribution in [0.25, 0.3) is 11.1 Å². The SMILES string of the molecule is [2H]c1c(C)ccc(S(=O)(=O)O)c1-c1ccccc1NC(=O)OC(C)(C)C. The third kappa shape index (κ3) is 5.04. The second-order valence-electron chi connectivity index (χ2n) is 6.53. The Kier molecular flexibility index (Phi) is 4.78. The van der Waals surface area contributed by atoms with Gasteiger partial charge in [-0.1, -0.05) is 29.8 Å². The fourth-order valence-corrected chi connectivity index (χ4v) is 2.88. The molecule has 2 aromatic carbocycles. The highest BCUT2D eigenvalue weighted by Gasteiger charge is 2.21. The van der Waals surface area contributed by atoms with Gasteiger partial charge in [0, 0.05) is 11.1 Å². The van der Waals surface area contributed by atoms with E-state index in [4.69, 9.17) is 6.11 Å². The zero-order valence-electron chi connectivity index (χ0n) is 15.5. The largest absolute Gasteiger partial charge is 0.444 e. The summed E-state index contributed by atoms with van der Waals surface area (Å²) in [4.78, 5) is 11.7. The lowest BCUT2D eigenvalue weighted by Crippen LogP contribution is -2.27. The number of nitrogens with one attached hydrogen (secondary N) is 1. The third-order valence-corrected chi connectivity index (χ3v) is 4.06. The first-order chi connectivity index (χ1) is 11.9. The first kappa shape index (κ1) is 17.4. The number of aryl methyl sites for hydroxylation is 1. The fourth-order valence-electron chi connectivity index (χ4n) is 2.22. The van der Waals surface area contributed by atoms with Crippen molar-refractivity contribution in [2.75, 3.05) is 5.32 Å². The molecule has 0 aliphatic carbocycles. The molecule has 0 heterocycles. The topological polar surface area (TPSA) is 92.7 Å². The Balaban J connectivity index is 2.62. The highest BCUT2D eigenvalue weighted by atomic mass is 32.2. The number of carbonyl (C=O) groups excluding carboxylic acids is 1. The van der Waals surface area contributed by atoms with E-state index in [1.54, 1.807) is 52.0 Å². The number of carbonyl (C=O) groups is 1. The maximum absolute atomic E-state index is 12.1. The molecule has 2 N–H and O–H groups in total. The lowest BCUT2D eigenvalue weighted by molar-refractivity contribution is 0.0636. The second-order valence-corrected chi connectivity index (χ2v) is 7.92. The molecule has 6 nitrogen and oxygen atoms in total. The van der Waals surface area contributed by atoms with Crippen LogP contribution in [0.5, 0.6) is 0 Å². The molecule has 0 bridgehead atoms. The van der Waals surface area contributed by atoms with E-state index in [1.165, 1.54) is 12.1 Å². The van der Waals surface area contributed by atoms with Gasteiger partial charge in [0.2, 0.25) is 0 Å². The second kappa shape index (κ2) is 6.85. The number of rotatable bonds is 3. The van der Waals surface area contributed by atoms with E-state index < -0.39 is 26.7 Å². The van der Waals surface area contributed by atoms with Gasteiger partial charge in [0.1, 0.15) is 10.5 Å². The van der Waals surface area contributed by atoms with Gasteiger partial charge in [0.05, 0.1) is 7.06 Å². The normalized spacial score (nSPS) is 12.4. The van der Waals surface area contributed by atoms with Crippen molar-refractivity contribution in [3.05, 3.63) is 48.0 Å². The van der Waals surface area contributed by atoms with Gasteiger partial charge < -0.3 is 4.74 Å². The summed E-state index contributed by atoms with van der Waals surface area (Å²) >= 11 is 0. The van der Waals surface area contributed by atoms with Crippen LogP contribution in [0.4, 0.5) is 10.5 Å². The molecule has 25 heavy (non-hydrogen) atoms. The highest BCUT2D eigenvalue weighted by molar-refractivity contribution is 7.86. The smallest absolute Gasteiger partial charge is 0.412 e. The maximum Gasteiger partial charge on any atom is 0.412 e. The summed E-state index contributed by atoms with van der Waals surface area (Å²) in [6.07, 6.45) is -0.711. The fraction of sp³-hybridized carbons (Fsp3) is 0.278. The minimum absolute atomic E-state index is 0.0131. The van der Waals surface area contributed by atoms with Crippen molar-refractivity contribution in [2.45, 2.75) is 38.2 Å². The van der Waals surface area contributed by atoms with Crippen molar-refractivity contribution < 1.29 is 23.9 Å². The summed E-state index contributed by atoms with van der Waals surface area (Å²) in [6, 6.07) is 9.05. The highest BCUT2D eigenvalue weighted by Crippen LogP contribution is 2.34. The molecular weight excluding hydrogens is 342 g/mol. The molecule has 0 saturated heterocycles. The Morgan fingerprint density at radius 2 is 1.80 bits per heavy atom. The molecule has 0 unspecified atom stereocenters. The Morgan fingerprint density at radius 3 is 2.40 bits per heavy atom. The lowest BCUT2D eigenvalue weighted by atomic mass is 10.0. The van der Waals surface area contributed by atoms with Gasteiger partial charge in [-0.25, -0.2) is 4.79 Å². The number of benzene rings is 2. The van der Waals surface area contributed by atoms with Crippen LogP contribution in [0, 0.1) is 6.92 Å². The van der Waals surface area contributed by atoms with E-state index in [1.807, 2.05) is 0 Å². The number of para-hydroxylation sites is 1. The van der Waals surface area contributed by atoms with Crippen LogP contribution in [-0.2, 0) is 14.9 Å². The minimum atomic E-state index is -4.56. The third-order valence-electron chi connectivity index (χ3n) is 3.16. The summed E-state index contributed by atoms with van der Waals surface area (Å²) in [7, 11) is -4.56. The first-order valence-electron chi connectivity index (χ1n) is 8.07. The molecule has 1 amide bonds. The monoisotopic (exact) mass is 364 g/mol. The van der Waals surface area contributed by atoms with Crippen LogP contribution >= 0.6 is 0 Å². The van der Waals surface area contributed by atoms with Crippen LogP contribution in [0.1, 0.15) is 27.7 Å². The summed E-state index contributed by atoms with van der Waals surface area (Å²) in [5.41, 5.74) is 0.395. The molecule has 0 atom stereocenters. The zero-order valence-corrected chi connectivity index (χ0v) is 15.3. The van der Waals surface area contributed by atoms with Gasteiger partial charge in [0.25, 0.3) is 10.1 Å². The van der Waals surface area contributed by atoms with Crippen molar-refractivity contribution in [3.63, 3.8) is 0 Å². The molecule has 134 valence electrons. The Hall–Kier alpha value is -2.38. The number of hydrogen-bond acceptors (Lipinski definition) is 4. The van der Waals surface area contributed by atoms with Gasteiger partial charge in [-0.3, -0.25) is 9.87 Å². The van der Waals surface area contributed by atoms with Crippen molar-refractivity contribution in [1.29, 1.82) is 0 Å². The average molecular weight is 364 g/mol. The van der Waals surface area contributed by atoms with Gasteiger partial charge in [-0.15, -0.1) is 0 Å². The van der Waals surface area contributed by atoms with Gasteiger partial charge in [-0.2, -0.15) is 8.42 Å². The number of ether oxygens (including phenoxy) is 1. The average Bonchev–Trinajstić information content (AvgIpc) is 2.47. The Bertz CT molecular complexity index is 949.